The summed E-state index contributed by atoms with van der Waals surface area (Å²) in [5.41, 5.74) is 0.871. The van der Waals surface area contributed by atoms with Crippen LogP contribution in [0.1, 0.15) is 12.8 Å². The summed E-state index contributed by atoms with van der Waals surface area (Å²) in [5, 5.41) is 2.86. The Morgan fingerprint density at radius 1 is 1.40 bits per heavy atom. The molecular formula is C15H20N2O2S. The van der Waals surface area contributed by atoms with Crippen LogP contribution in [-0.4, -0.2) is 36.9 Å². The summed E-state index contributed by atoms with van der Waals surface area (Å²) >= 11 is 1.76. The summed E-state index contributed by atoms with van der Waals surface area (Å²) in [6, 6.07) is 9.52. The van der Waals surface area contributed by atoms with E-state index in [-0.39, 0.29) is 11.8 Å². The average molecular weight is 292 g/mol. The van der Waals surface area contributed by atoms with Gasteiger partial charge in [-0.3, -0.25) is 9.59 Å². The second-order valence-electron chi connectivity index (χ2n) is 4.80. The molecule has 2 rings (SSSR count). The number of thioether (sulfide) groups is 1. The monoisotopic (exact) mass is 292 g/mol. The maximum atomic E-state index is 12.3. The third kappa shape index (κ3) is 3.54. The van der Waals surface area contributed by atoms with E-state index in [1.807, 2.05) is 36.6 Å². The number of benzene rings is 1. The lowest BCUT2D eigenvalue weighted by atomic mass is 10.1. The average Bonchev–Trinajstić information content (AvgIpc) is 2.86. The minimum Gasteiger partial charge on any atom is -0.355 e. The standard InChI is InChI=1S/C15H20N2O2S/c1-20-11-5-9-16-14(18)13-8-10-17(15(13)19)12-6-3-2-4-7-12/h2-4,6-7,13H,5,8-11H2,1H3,(H,16,18)/t13-/m0/s1. The zero-order chi connectivity index (χ0) is 14.4. The SMILES string of the molecule is CSCCCNC(=O)[C@@H]1CCN(c2ccccc2)C1=O. The summed E-state index contributed by atoms with van der Waals surface area (Å²) in [6.45, 7) is 1.26. The predicted octanol–water partition coefficient (Wildman–Crippen LogP) is 1.91. The maximum absolute atomic E-state index is 12.3. The van der Waals surface area contributed by atoms with Crippen molar-refractivity contribution in [1.82, 2.24) is 5.32 Å². The van der Waals surface area contributed by atoms with Crippen LogP contribution >= 0.6 is 11.8 Å². The first-order valence-corrected chi connectivity index (χ1v) is 8.26. The lowest BCUT2D eigenvalue weighted by molar-refractivity contribution is -0.132. The van der Waals surface area contributed by atoms with Crippen LogP contribution in [-0.2, 0) is 9.59 Å². The van der Waals surface area contributed by atoms with Gasteiger partial charge < -0.3 is 10.2 Å². The lowest BCUT2D eigenvalue weighted by Crippen LogP contribution is -2.37. The van der Waals surface area contributed by atoms with E-state index in [0.29, 0.717) is 19.5 Å². The Kier molecular flexibility index (Phi) is 5.47. The van der Waals surface area contributed by atoms with Gasteiger partial charge in [0, 0.05) is 18.8 Å². The van der Waals surface area contributed by atoms with Crippen LogP contribution in [0, 0.1) is 5.92 Å². The van der Waals surface area contributed by atoms with Crippen molar-refractivity contribution < 1.29 is 9.59 Å². The molecule has 0 radical (unpaired) electrons. The molecule has 108 valence electrons. The van der Waals surface area contributed by atoms with Crippen molar-refractivity contribution in [2.45, 2.75) is 12.8 Å². The van der Waals surface area contributed by atoms with E-state index < -0.39 is 5.92 Å². The number of amides is 2. The molecule has 1 heterocycles. The molecular weight excluding hydrogens is 272 g/mol. The molecule has 20 heavy (non-hydrogen) atoms. The van der Waals surface area contributed by atoms with Gasteiger partial charge in [0.05, 0.1) is 0 Å². The van der Waals surface area contributed by atoms with Crippen LogP contribution in [0.5, 0.6) is 0 Å². The van der Waals surface area contributed by atoms with Gasteiger partial charge in [-0.15, -0.1) is 0 Å². The molecule has 2 amide bonds. The van der Waals surface area contributed by atoms with Gasteiger partial charge in [0.2, 0.25) is 11.8 Å². The van der Waals surface area contributed by atoms with Crippen LogP contribution < -0.4 is 10.2 Å². The number of para-hydroxylation sites is 1. The largest absolute Gasteiger partial charge is 0.355 e. The van der Waals surface area contributed by atoms with Crippen molar-refractivity contribution in [1.29, 1.82) is 0 Å². The number of nitrogens with zero attached hydrogens (tertiary/aromatic N) is 1. The molecule has 1 fully saturated rings. The van der Waals surface area contributed by atoms with Gasteiger partial charge in [0.1, 0.15) is 5.92 Å². The van der Waals surface area contributed by atoms with E-state index in [9.17, 15) is 9.59 Å². The third-order valence-electron chi connectivity index (χ3n) is 3.41. The van der Waals surface area contributed by atoms with Crippen molar-refractivity contribution in [2.75, 3.05) is 30.0 Å². The molecule has 0 unspecified atom stereocenters. The van der Waals surface area contributed by atoms with Gasteiger partial charge in [0.15, 0.2) is 0 Å². The molecule has 1 saturated heterocycles. The minimum absolute atomic E-state index is 0.0847. The topological polar surface area (TPSA) is 49.4 Å². The number of hydrogen-bond donors (Lipinski definition) is 1. The molecule has 0 saturated carbocycles. The smallest absolute Gasteiger partial charge is 0.239 e. The number of nitrogens with one attached hydrogen (secondary N) is 1. The number of carbonyl (C=O) groups is 2. The van der Waals surface area contributed by atoms with Crippen molar-refractivity contribution >= 4 is 29.3 Å². The number of rotatable bonds is 6. The number of hydrogen-bond acceptors (Lipinski definition) is 3. The predicted molar refractivity (Wildman–Crippen MR) is 82.9 cm³/mol. The lowest BCUT2D eigenvalue weighted by Gasteiger charge is -2.16. The van der Waals surface area contributed by atoms with Crippen molar-refractivity contribution in [3.63, 3.8) is 0 Å². The Morgan fingerprint density at radius 3 is 2.85 bits per heavy atom. The van der Waals surface area contributed by atoms with Crippen LogP contribution in [0.4, 0.5) is 5.69 Å². The van der Waals surface area contributed by atoms with E-state index in [1.165, 1.54) is 0 Å². The molecule has 0 aromatic heterocycles. The van der Waals surface area contributed by atoms with Crippen molar-refractivity contribution in [3.05, 3.63) is 30.3 Å². The first-order chi connectivity index (χ1) is 9.74. The molecule has 0 bridgehead atoms. The summed E-state index contributed by atoms with van der Waals surface area (Å²) in [4.78, 5) is 26.0. The van der Waals surface area contributed by atoms with E-state index >= 15 is 0 Å². The highest BCUT2D eigenvalue weighted by molar-refractivity contribution is 7.98. The Labute approximate surface area is 123 Å². The van der Waals surface area contributed by atoms with Crippen LogP contribution in [0.15, 0.2) is 30.3 Å². The van der Waals surface area contributed by atoms with Crippen molar-refractivity contribution in [2.24, 2.45) is 5.92 Å². The van der Waals surface area contributed by atoms with E-state index in [1.54, 1.807) is 16.7 Å². The third-order valence-corrected chi connectivity index (χ3v) is 4.11. The second-order valence-corrected chi connectivity index (χ2v) is 5.79. The van der Waals surface area contributed by atoms with Gasteiger partial charge in [-0.05, 0) is 37.0 Å². The van der Waals surface area contributed by atoms with Crippen molar-refractivity contribution in [3.8, 4) is 0 Å². The molecule has 1 aliphatic rings. The van der Waals surface area contributed by atoms with Gasteiger partial charge in [-0.2, -0.15) is 11.8 Å². The zero-order valence-electron chi connectivity index (χ0n) is 11.7. The van der Waals surface area contributed by atoms with Gasteiger partial charge >= 0.3 is 0 Å². The highest BCUT2D eigenvalue weighted by atomic mass is 32.2. The van der Waals surface area contributed by atoms with Crippen LogP contribution in [0.2, 0.25) is 0 Å². The first-order valence-electron chi connectivity index (χ1n) is 6.87. The molecule has 1 aliphatic heterocycles. The van der Waals surface area contributed by atoms with Gasteiger partial charge in [-0.1, -0.05) is 18.2 Å². The number of anilines is 1. The first kappa shape index (κ1) is 14.9. The van der Waals surface area contributed by atoms with Crippen LogP contribution in [0.3, 0.4) is 0 Å². The highest BCUT2D eigenvalue weighted by Gasteiger charge is 2.37. The van der Waals surface area contributed by atoms with E-state index in [2.05, 4.69) is 5.32 Å². The fraction of sp³-hybridized carbons (Fsp3) is 0.467. The minimum atomic E-state index is -0.524. The Hall–Kier alpha value is -1.49. The summed E-state index contributed by atoms with van der Waals surface area (Å²) in [5.74, 6) is 0.285. The molecule has 5 heteroatoms. The zero-order valence-corrected chi connectivity index (χ0v) is 12.5. The Bertz CT molecular complexity index is 464. The fourth-order valence-corrected chi connectivity index (χ4v) is 2.77. The quantitative estimate of drug-likeness (QED) is 0.643. The van der Waals surface area contributed by atoms with Gasteiger partial charge in [-0.25, -0.2) is 0 Å². The molecule has 1 aromatic carbocycles. The molecule has 1 aromatic rings. The van der Waals surface area contributed by atoms with E-state index in [4.69, 9.17) is 0 Å². The molecule has 1 N–H and O–H groups in total. The fourth-order valence-electron chi connectivity index (χ4n) is 2.34. The molecule has 0 spiro atoms. The second kappa shape index (κ2) is 7.33. The molecule has 1 atom stereocenters. The van der Waals surface area contributed by atoms with Gasteiger partial charge in [0.25, 0.3) is 0 Å². The normalized spacial score (nSPS) is 18.4. The summed E-state index contributed by atoms with van der Waals surface area (Å²) < 4.78 is 0. The molecule has 4 nitrogen and oxygen atoms in total. The Balaban J connectivity index is 1.89. The molecule has 0 aliphatic carbocycles. The highest BCUT2D eigenvalue weighted by Crippen LogP contribution is 2.24. The van der Waals surface area contributed by atoms with E-state index in [0.717, 1.165) is 17.9 Å². The van der Waals surface area contributed by atoms with Crippen LogP contribution in [0.25, 0.3) is 0 Å². The summed E-state index contributed by atoms with van der Waals surface area (Å²) in [7, 11) is 0. The Morgan fingerprint density at radius 2 is 2.15 bits per heavy atom. The maximum Gasteiger partial charge on any atom is 0.239 e. The summed E-state index contributed by atoms with van der Waals surface area (Å²) in [6.07, 6.45) is 3.58. The number of carbonyl (C=O) groups excluding carboxylic acids is 2.